The molecule has 0 amide bonds. The molecular weight excluding hydrogens is 274 g/mol. The lowest BCUT2D eigenvalue weighted by Gasteiger charge is -2.06. The van der Waals surface area contributed by atoms with Crippen LogP contribution in [0.25, 0.3) is 21.9 Å². The number of aromatic nitrogens is 1. The van der Waals surface area contributed by atoms with Gasteiger partial charge in [-0.2, -0.15) is 0 Å². The standard InChI is InChI=1S/C16H10ClNO2/c17-15-9-18-8-13-7-11(4-5-14(13)15)10-2-1-3-12(6-10)16(19)20/h1-9H,(H,19,20). The maximum Gasteiger partial charge on any atom is 0.335 e. The van der Waals surface area contributed by atoms with Crippen molar-refractivity contribution in [1.82, 2.24) is 4.98 Å². The number of hydrogen-bond donors (Lipinski definition) is 1. The van der Waals surface area contributed by atoms with Crippen LogP contribution in [0.2, 0.25) is 5.02 Å². The Bertz CT molecular complexity index is 814. The van der Waals surface area contributed by atoms with Gasteiger partial charge in [-0.3, -0.25) is 4.98 Å². The van der Waals surface area contributed by atoms with Crippen LogP contribution in [-0.4, -0.2) is 16.1 Å². The Hall–Kier alpha value is -2.39. The van der Waals surface area contributed by atoms with Gasteiger partial charge in [0.1, 0.15) is 0 Å². The Kier molecular flexibility index (Phi) is 3.12. The maximum absolute atomic E-state index is 11.0. The summed E-state index contributed by atoms with van der Waals surface area (Å²) in [6, 6.07) is 12.6. The van der Waals surface area contributed by atoms with E-state index in [0.29, 0.717) is 5.02 Å². The highest BCUT2D eigenvalue weighted by Crippen LogP contribution is 2.28. The summed E-state index contributed by atoms with van der Waals surface area (Å²) in [6.07, 6.45) is 3.35. The van der Waals surface area contributed by atoms with E-state index in [1.54, 1.807) is 30.6 Å². The van der Waals surface area contributed by atoms with E-state index in [-0.39, 0.29) is 5.56 Å². The van der Waals surface area contributed by atoms with Crippen LogP contribution >= 0.6 is 11.6 Å². The van der Waals surface area contributed by atoms with Gasteiger partial charge in [-0.05, 0) is 29.3 Å². The quantitative estimate of drug-likeness (QED) is 0.765. The first kappa shape index (κ1) is 12.6. The molecule has 98 valence electrons. The van der Waals surface area contributed by atoms with Gasteiger partial charge in [-0.15, -0.1) is 0 Å². The topological polar surface area (TPSA) is 50.2 Å². The molecule has 0 fully saturated rings. The van der Waals surface area contributed by atoms with E-state index in [9.17, 15) is 4.79 Å². The maximum atomic E-state index is 11.0. The van der Waals surface area contributed by atoms with Gasteiger partial charge < -0.3 is 5.11 Å². The van der Waals surface area contributed by atoms with Crippen molar-refractivity contribution in [2.24, 2.45) is 0 Å². The largest absolute Gasteiger partial charge is 0.478 e. The van der Waals surface area contributed by atoms with Gasteiger partial charge >= 0.3 is 5.97 Å². The summed E-state index contributed by atoms with van der Waals surface area (Å²) in [5, 5.41) is 11.5. The fourth-order valence-electron chi connectivity index (χ4n) is 2.15. The van der Waals surface area contributed by atoms with Crippen LogP contribution in [0.3, 0.4) is 0 Å². The first-order chi connectivity index (χ1) is 9.65. The lowest BCUT2D eigenvalue weighted by molar-refractivity contribution is 0.0697. The molecule has 1 aromatic heterocycles. The van der Waals surface area contributed by atoms with Gasteiger partial charge in [0.15, 0.2) is 0 Å². The Morgan fingerprint density at radius 2 is 1.85 bits per heavy atom. The lowest BCUT2D eigenvalue weighted by Crippen LogP contribution is -1.95. The van der Waals surface area contributed by atoms with Crippen LogP contribution in [0.1, 0.15) is 10.4 Å². The Morgan fingerprint density at radius 1 is 1.05 bits per heavy atom. The average molecular weight is 284 g/mol. The smallest absolute Gasteiger partial charge is 0.335 e. The molecule has 0 bridgehead atoms. The number of fused-ring (bicyclic) bond motifs is 1. The third-order valence-electron chi connectivity index (χ3n) is 3.15. The lowest BCUT2D eigenvalue weighted by atomic mass is 10.0. The summed E-state index contributed by atoms with van der Waals surface area (Å²) in [5.74, 6) is -0.933. The van der Waals surface area contributed by atoms with Crippen molar-refractivity contribution in [2.75, 3.05) is 0 Å². The summed E-state index contributed by atoms with van der Waals surface area (Å²) in [7, 11) is 0. The molecule has 1 heterocycles. The van der Waals surface area contributed by atoms with Crippen molar-refractivity contribution in [3.63, 3.8) is 0 Å². The van der Waals surface area contributed by atoms with Gasteiger partial charge in [-0.25, -0.2) is 4.79 Å². The predicted octanol–water partition coefficient (Wildman–Crippen LogP) is 4.25. The van der Waals surface area contributed by atoms with Crippen LogP contribution in [0.15, 0.2) is 54.9 Å². The number of carbonyl (C=O) groups is 1. The molecule has 2 aromatic carbocycles. The highest BCUT2D eigenvalue weighted by atomic mass is 35.5. The number of aromatic carboxylic acids is 1. The highest BCUT2D eigenvalue weighted by molar-refractivity contribution is 6.35. The SMILES string of the molecule is O=C(O)c1cccc(-c2ccc3c(Cl)cncc3c2)c1. The first-order valence-electron chi connectivity index (χ1n) is 6.02. The second kappa shape index (κ2) is 4.94. The second-order valence-electron chi connectivity index (χ2n) is 4.44. The zero-order valence-corrected chi connectivity index (χ0v) is 11.1. The fourth-order valence-corrected chi connectivity index (χ4v) is 2.38. The van der Waals surface area contributed by atoms with E-state index >= 15 is 0 Å². The number of halogens is 1. The average Bonchev–Trinajstić information content (AvgIpc) is 2.47. The minimum absolute atomic E-state index is 0.270. The molecule has 3 rings (SSSR count). The van der Waals surface area contributed by atoms with Crippen LogP contribution in [0, 0.1) is 0 Å². The molecule has 0 saturated heterocycles. The molecule has 4 heteroatoms. The van der Waals surface area contributed by atoms with Crippen molar-refractivity contribution < 1.29 is 9.90 Å². The van der Waals surface area contributed by atoms with Crippen molar-refractivity contribution in [3.05, 3.63) is 65.4 Å². The monoisotopic (exact) mass is 283 g/mol. The third kappa shape index (κ3) is 2.24. The number of rotatable bonds is 2. The van der Waals surface area contributed by atoms with E-state index in [2.05, 4.69) is 4.98 Å². The molecule has 0 aliphatic rings. The molecule has 20 heavy (non-hydrogen) atoms. The van der Waals surface area contributed by atoms with E-state index in [4.69, 9.17) is 16.7 Å². The molecule has 3 nitrogen and oxygen atoms in total. The van der Waals surface area contributed by atoms with E-state index < -0.39 is 5.97 Å². The second-order valence-corrected chi connectivity index (χ2v) is 4.85. The fraction of sp³-hybridized carbons (Fsp3) is 0. The summed E-state index contributed by atoms with van der Waals surface area (Å²) in [6.45, 7) is 0. The number of benzene rings is 2. The van der Waals surface area contributed by atoms with Gasteiger partial charge in [0.25, 0.3) is 0 Å². The van der Waals surface area contributed by atoms with Crippen molar-refractivity contribution in [2.45, 2.75) is 0 Å². The van der Waals surface area contributed by atoms with Gasteiger partial charge in [0.05, 0.1) is 10.6 Å². The number of pyridine rings is 1. The molecule has 3 aromatic rings. The van der Waals surface area contributed by atoms with Crippen molar-refractivity contribution in [3.8, 4) is 11.1 Å². The molecule has 0 saturated carbocycles. The minimum Gasteiger partial charge on any atom is -0.478 e. The first-order valence-corrected chi connectivity index (χ1v) is 6.40. The summed E-state index contributed by atoms with van der Waals surface area (Å²) in [5.41, 5.74) is 2.06. The molecule has 0 atom stereocenters. The zero-order valence-electron chi connectivity index (χ0n) is 10.4. The summed E-state index contributed by atoms with van der Waals surface area (Å²) >= 11 is 6.08. The van der Waals surface area contributed by atoms with Crippen LogP contribution in [0.5, 0.6) is 0 Å². The van der Waals surface area contributed by atoms with Crippen LogP contribution < -0.4 is 0 Å². The summed E-state index contributed by atoms with van der Waals surface area (Å²) in [4.78, 5) is 15.1. The Labute approximate surface area is 120 Å². The normalized spacial score (nSPS) is 10.7. The molecule has 1 N–H and O–H groups in total. The van der Waals surface area contributed by atoms with Crippen LogP contribution in [-0.2, 0) is 0 Å². The van der Waals surface area contributed by atoms with Gasteiger partial charge in [0.2, 0.25) is 0 Å². The number of carboxylic acids is 1. The number of carboxylic acid groups (broad SMARTS) is 1. The highest BCUT2D eigenvalue weighted by Gasteiger charge is 2.06. The van der Waals surface area contributed by atoms with Crippen LogP contribution in [0.4, 0.5) is 0 Å². The van der Waals surface area contributed by atoms with Gasteiger partial charge in [0, 0.05) is 23.2 Å². The molecule has 0 aliphatic carbocycles. The van der Waals surface area contributed by atoms with E-state index in [0.717, 1.165) is 21.9 Å². The molecule has 0 radical (unpaired) electrons. The Balaban J connectivity index is 2.15. The molecule has 0 unspecified atom stereocenters. The van der Waals surface area contributed by atoms with Gasteiger partial charge in [-0.1, -0.05) is 35.9 Å². The zero-order chi connectivity index (χ0) is 14.1. The third-order valence-corrected chi connectivity index (χ3v) is 3.45. The Morgan fingerprint density at radius 3 is 2.65 bits per heavy atom. The van der Waals surface area contributed by atoms with E-state index in [1.165, 1.54) is 0 Å². The molecule has 0 spiro atoms. The van der Waals surface area contributed by atoms with E-state index in [1.807, 2.05) is 24.3 Å². The van der Waals surface area contributed by atoms with Crippen molar-refractivity contribution in [1.29, 1.82) is 0 Å². The summed E-state index contributed by atoms with van der Waals surface area (Å²) < 4.78 is 0. The number of hydrogen-bond acceptors (Lipinski definition) is 2. The minimum atomic E-state index is -0.933. The number of nitrogens with zero attached hydrogens (tertiary/aromatic N) is 1. The molecular formula is C16H10ClNO2. The predicted molar refractivity (Wildman–Crippen MR) is 79.1 cm³/mol. The van der Waals surface area contributed by atoms with Crippen molar-refractivity contribution >= 4 is 28.3 Å². The molecule has 0 aliphatic heterocycles.